The van der Waals surface area contributed by atoms with E-state index in [9.17, 15) is 23.1 Å². The molecular formula is C26H35F3N2O2S. The van der Waals surface area contributed by atoms with E-state index >= 15 is 0 Å². The van der Waals surface area contributed by atoms with Gasteiger partial charge in [-0.3, -0.25) is 9.69 Å². The van der Waals surface area contributed by atoms with Crippen LogP contribution < -0.4 is 0 Å². The van der Waals surface area contributed by atoms with Crippen LogP contribution in [0, 0.1) is 11.8 Å². The van der Waals surface area contributed by atoms with E-state index in [2.05, 4.69) is 35.4 Å². The van der Waals surface area contributed by atoms with E-state index in [0.717, 1.165) is 62.2 Å². The predicted octanol–water partition coefficient (Wildman–Crippen LogP) is 7.00. The van der Waals surface area contributed by atoms with E-state index in [4.69, 9.17) is 0 Å². The number of alkyl halides is 3. The van der Waals surface area contributed by atoms with Crippen molar-refractivity contribution in [2.24, 2.45) is 11.8 Å². The van der Waals surface area contributed by atoms with Crippen molar-refractivity contribution in [1.82, 2.24) is 9.27 Å². The molecule has 1 aromatic carbocycles. The second kappa shape index (κ2) is 11.7. The minimum Gasteiger partial charge on any atom is -0.481 e. The SMILES string of the molecule is CCCc1nscc1CN(CC(C)C)[C@@H]1CC[C@@H](CC(=O)O)C[C@H]1c1ccc(C(F)(F)F)cc1. The molecule has 3 atom stereocenters. The van der Waals surface area contributed by atoms with Gasteiger partial charge in [0.15, 0.2) is 0 Å². The summed E-state index contributed by atoms with van der Waals surface area (Å²) in [5, 5.41) is 11.5. The number of aryl methyl sites for hydroxylation is 1. The molecule has 0 radical (unpaired) electrons. The van der Waals surface area contributed by atoms with Gasteiger partial charge < -0.3 is 5.11 Å². The maximum absolute atomic E-state index is 13.1. The lowest BCUT2D eigenvalue weighted by atomic mass is 9.72. The summed E-state index contributed by atoms with van der Waals surface area (Å²) in [6.45, 7) is 8.12. The Bertz CT molecular complexity index is 927. The molecule has 1 aromatic heterocycles. The van der Waals surface area contributed by atoms with Crippen LogP contribution >= 0.6 is 11.5 Å². The maximum atomic E-state index is 13.1. The molecule has 1 heterocycles. The van der Waals surface area contributed by atoms with Crippen LogP contribution in [0.4, 0.5) is 13.2 Å². The van der Waals surface area contributed by atoms with Gasteiger partial charge in [-0.25, -0.2) is 0 Å². The van der Waals surface area contributed by atoms with E-state index in [-0.39, 0.29) is 24.3 Å². The van der Waals surface area contributed by atoms with Crippen molar-refractivity contribution in [2.45, 2.75) is 84.0 Å². The van der Waals surface area contributed by atoms with E-state index in [0.29, 0.717) is 12.3 Å². The van der Waals surface area contributed by atoms with E-state index < -0.39 is 17.7 Å². The fourth-order valence-electron chi connectivity index (χ4n) is 5.25. The summed E-state index contributed by atoms with van der Waals surface area (Å²) in [6.07, 6.45) is -0.00767. The fourth-order valence-corrected chi connectivity index (χ4v) is 5.97. The molecular weight excluding hydrogens is 461 g/mol. The quantitative estimate of drug-likeness (QED) is 0.385. The predicted molar refractivity (Wildman–Crippen MR) is 129 cm³/mol. The summed E-state index contributed by atoms with van der Waals surface area (Å²) in [7, 11) is 0. The smallest absolute Gasteiger partial charge is 0.416 e. The molecule has 1 fully saturated rings. The molecule has 0 spiro atoms. The molecule has 0 aliphatic heterocycles. The van der Waals surface area contributed by atoms with E-state index in [1.165, 1.54) is 17.1 Å². The molecule has 1 aliphatic rings. The van der Waals surface area contributed by atoms with Crippen molar-refractivity contribution in [3.8, 4) is 0 Å². The van der Waals surface area contributed by atoms with Gasteiger partial charge >= 0.3 is 12.1 Å². The van der Waals surface area contributed by atoms with Crippen LogP contribution in [0.5, 0.6) is 0 Å². The Hall–Kier alpha value is -1.93. The summed E-state index contributed by atoms with van der Waals surface area (Å²) in [4.78, 5) is 13.9. The highest BCUT2D eigenvalue weighted by Crippen LogP contribution is 2.42. The number of aromatic nitrogens is 1. The first kappa shape index (κ1) is 26.7. The molecule has 34 heavy (non-hydrogen) atoms. The van der Waals surface area contributed by atoms with E-state index in [1.807, 2.05) is 0 Å². The van der Waals surface area contributed by atoms with Crippen LogP contribution in [0.25, 0.3) is 0 Å². The number of hydrogen-bond acceptors (Lipinski definition) is 4. The molecule has 4 nitrogen and oxygen atoms in total. The summed E-state index contributed by atoms with van der Waals surface area (Å²) < 4.78 is 44.0. The Balaban J connectivity index is 1.92. The first-order chi connectivity index (χ1) is 16.1. The van der Waals surface area contributed by atoms with Crippen molar-refractivity contribution in [3.63, 3.8) is 0 Å². The first-order valence-electron chi connectivity index (χ1n) is 12.1. The first-order valence-corrected chi connectivity index (χ1v) is 13.0. The number of carbonyl (C=O) groups is 1. The van der Waals surface area contributed by atoms with Gasteiger partial charge in [0.05, 0.1) is 11.3 Å². The topological polar surface area (TPSA) is 53.4 Å². The maximum Gasteiger partial charge on any atom is 0.416 e. The lowest BCUT2D eigenvalue weighted by molar-refractivity contribution is -0.139. The van der Waals surface area contributed by atoms with Crippen molar-refractivity contribution >= 4 is 17.5 Å². The number of hydrogen-bond donors (Lipinski definition) is 1. The van der Waals surface area contributed by atoms with Gasteiger partial charge in [-0.05, 0) is 72.7 Å². The standard InChI is InChI=1S/C26H35F3N2O2S/c1-4-5-23-20(16-34-30-23)15-31(14-17(2)3)24-11-6-18(13-25(32)33)12-22(24)19-7-9-21(10-8-19)26(27,28)29/h7-10,16-18,22,24H,4-6,11-15H2,1-3H3,(H,32,33)/t18-,22+,24-/m1/s1. The number of halogens is 3. The summed E-state index contributed by atoms with van der Waals surface area (Å²) in [5.74, 6) is -0.380. The van der Waals surface area contributed by atoms with Crippen molar-refractivity contribution in [1.29, 1.82) is 0 Å². The second-order valence-electron chi connectivity index (χ2n) is 9.93. The minimum atomic E-state index is -4.37. The minimum absolute atomic E-state index is 0.0136. The molecule has 1 saturated carbocycles. The Labute approximate surface area is 204 Å². The molecule has 1 N–H and O–H groups in total. The average Bonchev–Trinajstić information content (AvgIpc) is 3.19. The van der Waals surface area contributed by atoms with Gasteiger partial charge in [0.2, 0.25) is 0 Å². The zero-order chi connectivity index (χ0) is 24.9. The fraction of sp³-hybridized carbons (Fsp3) is 0.615. The van der Waals surface area contributed by atoms with Crippen LogP contribution in [0.3, 0.4) is 0 Å². The molecule has 2 aromatic rings. The molecule has 3 rings (SSSR count). The number of carboxylic acids is 1. The number of rotatable bonds is 10. The third kappa shape index (κ3) is 7.04. The number of aliphatic carboxylic acids is 1. The normalized spacial score (nSPS) is 21.4. The van der Waals surface area contributed by atoms with Crippen LogP contribution in [-0.2, 0) is 23.9 Å². The van der Waals surface area contributed by atoms with Crippen LogP contribution in [0.2, 0.25) is 0 Å². The lowest BCUT2D eigenvalue weighted by Gasteiger charge is -2.43. The van der Waals surface area contributed by atoms with Crippen molar-refractivity contribution in [3.05, 3.63) is 52.0 Å². The van der Waals surface area contributed by atoms with Crippen LogP contribution in [-0.4, -0.2) is 32.9 Å². The van der Waals surface area contributed by atoms with Gasteiger partial charge in [-0.15, -0.1) is 0 Å². The summed E-state index contributed by atoms with van der Waals surface area (Å²) >= 11 is 1.47. The number of carboxylic acid groups (broad SMARTS) is 1. The van der Waals surface area contributed by atoms with Crippen LogP contribution in [0.15, 0.2) is 29.6 Å². The number of benzene rings is 1. The van der Waals surface area contributed by atoms with Crippen LogP contribution in [0.1, 0.15) is 81.2 Å². The monoisotopic (exact) mass is 496 g/mol. The number of nitrogens with zero attached hydrogens (tertiary/aromatic N) is 2. The van der Waals surface area contributed by atoms with Gasteiger partial charge in [-0.1, -0.05) is 39.3 Å². The van der Waals surface area contributed by atoms with Gasteiger partial charge in [0.1, 0.15) is 0 Å². The molecule has 0 bridgehead atoms. The molecule has 1 aliphatic carbocycles. The highest BCUT2D eigenvalue weighted by Gasteiger charge is 2.37. The van der Waals surface area contributed by atoms with Gasteiger partial charge in [-0.2, -0.15) is 17.5 Å². The molecule has 0 amide bonds. The van der Waals surface area contributed by atoms with Gasteiger partial charge in [0.25, 0.3) is 0 Å². The molecule has 8 heteroatoms. The molecule has 188 valence electrons. The summed E-state index contributed by atoms with van der Waals surface area (Å²) in [5.41, 5.74) is 2.57. The van der Waals surface area contributed by atoms with Crippen molar-refractivity contribution < 1.29 is 23.1 Å². The Morgan fingerprint density at radius 2 is 1.94 bits per heavy atom. The Morgan fingerprint density at radius 3 is 2.53 bits per heavy atom. The highest BCUT2D eigenvalue weighted by atomic mass is 32.1. The second-order valence-corrected chi connectivity index (χ2v) is 10.6. The average molecular weight is 497 g/mol. The third-order valence-electron chi connectivity index (χ3n) is 6.71. The summed E-state index contributed by atoms with van der Waals surface area (Å²) in [6, 6.07) is 5.63. The van der Waals surface area contributed by atoms with Crippen molar-refractivity contribution in [2.75, 3.05) is 6.54 Å². The Kier molecular flexibility index (Phi) is 9.15. The van der Waals surface area contributed by atoms with E-state index in [1.54, 1.807) is 12.1 Å². The largest absolute Gasteiger partial charge is 0.481 e. The molecule has 0 unspecified atom stereocenters. The van der Waals surface area contributed by atoms with Gasteiger partial charge in [0, 0.05) is 36.5 Å². The zero-order valence-electron chi connectivity index (χ0n) is 20.1. The zero-order valence-corrected chi connectivity index (χ0v) is 21.0. The third-order valence-corrected chi connectivity index (χ3v) is 7.43. The highest BCUT2D eigenvalue weighted by molar-refractivity contribution is 7.03. The Morgan fingerprint density at radius 1 is 1.24 bits per heavy atom. The lowest BCUT2D eigenvalue weighted by Crippen LogP contribution is -2.44. The molecule has 0 saturated heterocycles.